The Morgan fingerprint density at radius 3 is 3.09 bits per heavy atom. The molecular weight excluding hydrogens is 280 g/mol. The summed E-state index contributed by atoms with van der Waals surface area (Å²) in [5.74, 6) is 0.697. The molecule has 0 spiro atoms. The lowest BCUT2D eigenvalue weighted by Gasteiger charge is -2.27. The number of phenols is 1. The zero-order valence-corrected chi connectivity index (χ0v) is 12.9. The summed E-state index contributed by atoms with van der Waals surface area (Å²) in [6.45, 7) is 4.74. The number of hydrogen-bond acceptors (Lipinski definition) is 5. The lowest BCUT2D eigenvalue weighted by Crippen LogP contribution is -2.35. The molecule has 2 heterocycles. The number of esters is 1. The lowest BCUT2D eigenvalue weighted by molar-refractivity contribution is 0.0265. The number of phenolic OH excluding ortho intramolecular Hbond substituents is 1. The van der Waals surface area contributed by atoms with Crippen LogP contribution < -0.4 is 0 Å². The van der Waals surface area contributed by atoms with Crippen molar-refractivity contribution in [3.05, 3.63) is 29.3 Å². The predicted molar refractivity (Wildman–Crippen MR) is 84.4 cm³/mol. The zero-order valence-electron chi connectivity index (χ0n) is 12.9. The van der Waals surface area contributed by atoms with Crippen LogP contribution in [-0.2, 0) is 4.74 Å². The molecule has 0 aromatic heterocycles. The van der Waals surface area contributed by atoms with Crippen LogP contribution in [0.25, 0.3) is 0 Å². The molecule has 5 heteroatoms. The van der Waals surface area contributed by atoms with E-state index in [0.29, 0.717) is 0 Å². The fraction of sp³-hybridized carbons (Fsp3) is 0.529. The predicted octanol–water partition coefficient (Wildman–Crippen LogP) is 2.51. The monoisotopic (exact) mass is 302 g/mol. The van der Waals surface area contributed by atoms with Gasteiger partial charge in [-0.2, -0.15) is 0 Å². The van der Waals surface area contributed by atoms with Crippen molar-refractivity contribution in [1.82, 2.24) is 4.90 Å². The van der Waals surface area contributed by atoms with E-state index >= 15 is 0 Å². The summed E-state index contributed by atoms with van der Waals surface area (Å²) in [4.78, 5) is 19.2. The third kappa shape index (κ3) is 3.24. The smallest absolute Gasteiger partial charge is 0.342 e. The minimum absolute atomic E-state index is 0.0222. The number of nitrogens with zero attached hydrogens (tertiary/aromatic N) is 2. The summed E-state index contributed by atoms with van der Waals surface area (Å²) >= 11 is 0. The van der Waals surface area contributed by atoms with Gasteiger partial charge in [-0.1, -0.05) is 11.6 Å². The van der Waals surface area contributed by atoms with E-state index in [4.69, 9.17) is 4.74 Å². The van der Waals surface area contributed by atoms with Gasteiger partial charge >= 0.3 is 5.97 Å². The van der Waals surface area contributed by atoms with Crippen molar-refractivity contribution in [3.8, 4) is 5.75 Å². The molecule has 118 valence electrons. The van der Waals surface area contributed by atoms with Crippen molar-refractivity contribution in [2.75, 3.05) is 19.6 Å². The third-order valence-corrected chi connectivity index (χ3v) is 4.30. The molecule has 1 aromatic rings. The van der Waals surface area contributed by atoms with Gasteiger partial charge in [-0.05, 0) is 31.9 Å². The van der Waals surface area contributed by atoms with Gasteiger partial charge in [-0.25, -0.2) is 4.79 Å². The van der Waals surface area contributed by atoms with Crippen LogP contribution in [0.15, 0.2) is 23.2 Å². The first-order valence-corrected chi connectivity index (χ1v) is 7.92. The molecule has 1 fully saturated rings. The second kappa shape index (κ2) is 6.38. The van der Waals surface area contributed by atoms with Gasteiger partial charge in [0.1, 0.15) is 17.4 Å². The van der Waals surface area contributed by atoms with Gasteiger partial charge in [-0.15, -0.1) is 0 Å². The first-order chi connectivity index (χ1) is 10.6. The van der Waals surface area contributed by atoms with Crippen LogP contribution >= 0.6 is 0 Å². The molecule has 0 aliphatic carbocycles. The average Bonchev–Trinajstić information content (AvgIpc) is 2.72. The molecule has 1 N–H and O–H groups in total. The first kappa shape index (κ1) is 14.9. The number of amidine groups is 1. The number of carbonyl (C=O) groups is 1. The van der Waals surface area contributed by atoms with Crippen molar-refractivity contribution in [2.45, 2.75) is 38.7 Å². The van der Waals surface area contributed by atoms with E-state index in [2.05, 4.69) is 9.89 Å². The van der Waals surface area contributed by atoms with Crippen LogP contribution in [0.5, 0.6) is 5.75 Å². The van der Waals surface area contributed by atoms with Crippen LogP contribution in [-0.4, -0.2) is 47.5 Å². The van der Waals surface area contributed by atoms with Crippen molar-refractivity contribution in [2.24, 2.45) is 4.99 Å². The average molecular weight is 302 g/mol. The number of aliphatic imine (C=N–C) groups is 1. The maximum atomic E-state index is 12.3. The summed E-state index contributed by atoms with van der Waals surface area (Å²) in [5.41, 5.74) is 1.18. The molecule has 1 aromatic carbocycles. The highest BCUT2D eigenvalue weighted by molar-refractivity contribution is 5.92. The van der Waals surface area contributed by atoms with E-state index in [0.717, 1.165) is 56.7 Å². The van der Waals surface area contributed by atoms with E-state index in [-0.39, 0.29) is 17.4 Å². The molecule has 0 radical (unpaired) electrons. The summed E-state index contributed by atoms with van der Waals surface area (Å²) < 4.78 is 5.62. The maximum Gasteiger partial charge on any atom is 0.342 e. The topological polar surface area (TPSA) is 62.1 Å². The quantitative estimate of drug-likeness (QED) is 0.853. The van der Waals surface area contributed by atoms with Gasteiger partial charge in [0.25, 0.3) is 0 Å². The van der Waals surface area contributed by atoms with Crippen LogP contribution in [0.4, 0.5) is 0 Å². The number of hydrogen-bond donors (Lipinski definition) is 1. The number of aromatic hydroxyl groups is 1. The standard InChI is InChI=1S/C17H22N2O3/c1-12-3-5-15(20)14(11-12)17(21)22-13-4-6-16-18-8-2-9-19(16)10-7-13/h3,5,11,13,20H,2,4,6-10H2,1H3. The molecule has 0 bridgehead atoms. The molecule has 2 aliphatic heterocycles. The first-order valence-electron chi connectivity index (χ1n) is 7.92. The number of benzene rings is 1. The number of carbonyl (C=O) groups excluding carboxylic acids is 1. The van der Waals surface area contributed by atoms with Crippen molar-refractivity contribution in [1.29, 1.82) is 0 Å². The van der Waals surface area contributed by atoms with E-state index in [1.165, 1.54) is 6.07 Å². The zero-order chi connectivity index (χ0) is 15.5. The number of aryl methyl sites for hydroxylation is 1. The molecule has 22 heavy (non-hydrogen) atoms. The van der Waals surface area contributed by atoms with Crippen molar-refractivity contribution >= 4 is 11.8 Å². The summed E-state index contributed by atoms with van der Waals surface area (Å²) in [7, 11) is 0. The van der Waals surface area contributed by atoms with Crippen molar-refractivity contribution < 1.29 is 14.6 Å². The SMILES string of the molecule is Cc1ccc(O)c(C(=O)OC2CCC3=NCCCN3CC2)c1. The molecule has 1 unspecified atom stereocenters. The van der Waals surface area contributed by atoms with E-state index in [1.54, 1.807) is 12.1 Å². The minimum atomic E-state index is -0.437. The molecule has 3 rings (SSSR count). The number of rotatable bonds is 2. The second-order valence-corrected chi connectivity index (χ2v) is 6.01. The van der Waals surface area contributed by atoms with Crippen LogP contribution in [0.2, 0.25) is 0 Å². The van der Waals surface area contributed by atoms with Gasteiger partial charge in [-0.3, -0.25) is 4.99 Å². The Bertz CT molecular complexity index is 598. The van der Waals surface area contributed by atoms with Crippen molar-refractivity contribution in [3.63, 3.8) is 0 Å². The molecule has 1 atom stereocenters. The Hall–Kier alpha value is -2.04. The Morgan fingerprint density at radius 1 is 1.36 bits per heavy atom. The molecule has 0 amide bonds. The highest BCUT2D eigenvalue weighted by Gasteiger charge is 2.25. The molecule has 1 saturated heterocycles. The summed E-state index contributed by atoms with van der Waals surface area (Å²) in [6.07, 6.45) is 3.47. The van der Waals surface area contributed by atoms with Crippen LogP contribution in [0, 0.1) is 6.92 Å². The minimum Gasteiger partial charge on any atom is -0.507 e. The third-order valence-electron chi connectivity index (χ3n) is 4.30. The fourth-order valence-corrected chi connectivity index (χ4v) is 3.06. The van der Waals surface area contributed by atoms with Gasteiger partial charge in [0.15, 0.2) is 0 Å². The Kier molecular flexibility index (Phi) is 4.32. The molecular formula is C17H22N2O3. The van der Waals surface area contributed by atoms with Gasteiger partial charge in [0, 0.05) is 32.5 Å². The maximum absolute atomic E-state index is 12.3. The highest BCUT2D eigenvalue weighted by atomic mass is 16.5. The largest absolute Gasteiger partial charge is 0.507 e. The van der Waals surface area contributed by atoms with Gasteiger partial charge in [0.05, 0.1) is 5.84 Å². The van der Waals surface area contributed by atoms with Gasteiger partial charge < -0.3 is 14.7 Å². The number of ether oxygens (including phenoxy) is 1. The lowest BCUT2D eigenvalue weighted by atomic mass is 10.1. The fourth-order valence-electron chi connectivity index (χ4n) is 3.06. The highest BCUT2D eigenvalue weighted by Crippen LogP contribution is 2.23. The molecule has 0 saturated carbocycles. The second-order valence-electron chi connectivity index (χ2n) is 6.01. The Balaban J connectivity index is 1.66. The normalized spacial score (nSPS) is 21.6. The Labute approximate surface area is 130 Å². The van der Waals surface area contributed by atoms with Gasteiger partial charge in [0.2, 0.25) is 0 Å². The van der Waals surface area contributed by atoms with Crippen LogP contribution in [0.1, 0.15) is 41.6 Å². The van der Waals surface area contributed by atoms with Crippen LogP contribution in [0.3, 0.4) is 0 Å². The number of fused-ring (bicyclic) bond motifs is 1. The summed E-state index contributed by atoms with van der Waals surface area (Å²) in [6, 6.07) is 4.98. The van der Waals surface area contributed by atoms with E-state index in [9.17, 15) is 9.90 Å². The summed E-state index contributed by atoms with van der Waals surface area (Å²) in [5, 5.41) is 9.83. The van der Waals surface area contributed by atoms with E-state index < -0.39 is 5.97 Å². The molecule has 5 nitrogen and oxygen atoms in total. The van der Waals surface area contributed by atoms with E-state index in [1.807, 2.05) is 6.92 Å². The molecule has 2 aliphatic rings. The Morgan fingerprint density at radius 2 is 2.23 bits per heavy atom.